The first-order chi connectivity index (χ1) is 17.4. The molecule has 0 spiro atoms. The van der Waals surface area contributed by atoms with Crippen LogP contribution >= 0.6 is 0 Å². The Bertz CT molecular complexity index is 1280. The number of carbonyl (C=O) groups is 2. The van der Waals surface area contributed by atoms with Gasteiger partial charge in [-0.3, -0.25) is 9.59 Å². The van der Waals surface area contributed by atoms with Gasteiger partial charge in [-0.2, -0.15) is 0 Å². The molecule has 0 aliphatic heterocycles. The highest BCUT2D eigenvalue weighted by Gasteiger charge is 2.42. The first-order valence-corrected chi connectivity index (χ1v) is 11.5. The number of hydrogen-bond acceptors (Lipinski definition) is 3. The Morgan fingerprint density at radius 3 is 1.47 bits per heavy atom. The smallest absolute Gasteiger partial charge is 0.242 e. The van der Waals surface area contributed by atoms with E-state index in [0.29, 0.717) is 11.1 Å². The summed E-state index contributed by atoms with van der Waals surface area (Å²) >= 11 is 0. The Morgan fingerprint density at radius 1 is 0.694 bits per heavy atom. The predicted molar refractivity (Wildman–Crippen MR) is 141 cm³/mol. The zero-order chi connectivity index (χ0) is 25.6. The Kier molecular flexibility index (Phi) is 7.00. The van der Waals surface area contributed by atoms with Gasteiger partial charge in [-0.25, -0.2) is 0 Å². The molecule has 0 saturated carbocycles. The van der Waals surface area contributed by atoms with E-state index in [1.165, 1.54) is 0 Å². The van der Waals surface area contributed by atoms with Crippen molar-refractivity contribution in [3.63, 3.8) is 0 Å². The van der Waals surface area contributed by atoms with E-state index in [-0.39, 0.29) is 6.42 Å². The average molecular weight is 474 g/mol. The second-order valence-electron chi connectivity index (χ2n) is 8.63. The van der Waals surface area contributed by atoms with Crippen LogP contribution in [0.2, 0.25) is 0 Å². The van der Waals surface area contributed by atoms with Crippen molar-refractivity contribution in [1.82, 2.24) is 5.32 Å². The fourth-order valence-electron chi connectivity index (χ4n) is 4.48. The lowest BCUT2D eigenvalue weighted by Crippen LogP contribution is -2.55. The summed E-state index contributed by atoms with van der Waals surface area (Å²) in [5, 5.41) is 3.22. The minimum absolute atomic E-state index is 0.355. The van der Waals surface area contributed by atoms with Crippen molar-refractivity contribution in [2.45, 2.75) is 17.5 Å². The molecule has 5 N–H and O–H groups in total. The van der Waals surface area contributed by atoms with E-state index in [0.717, 1.165) is 16.7 Å². The molecule has 0 saturated heterocycles. The van der Waals surface area contributed by atoms with Gasteiger partial charge in [0.2, 0.25) is 11.8 Å². The number of hydrogen-bond donors (Lipinski definition) is 3. The highest BCUT2D eigenvalue weighted by molar-refractivity contribution is 5.92. The van der Waals surface area contributed by atoms with Crippen LogP contribution in [0.5, 0.6) is 0 Å². The lowest BCUT2D eigenvalue weighted by Gasteiger charge is -2.38. The molecule has 0 radical (unpaired) electrons. The van der Waals surface area contributed by atoms with Crippen molar-refractivity contribution >= 4 is 11.8 Å². The Balaban J connectivity index is 1.81. The number of nitrogens with one attached hydrogen (secondary N) is 1. The molecule has 5 nitrogen and oxygen atoms in total. The SMILES string of the molecule is C#Cc1ccc(C(N)(CC(=O)NC(c2ccccc2)(c2ccccc2)c2ccccc2)C(N)=O)cc1. The molecular formula is C31H27N3O2. The lowest BCUT2D eigenvalue weighted by molar-refractivity contribution is -0.130. The zero-order valence-electron chi connectivity index (χ0n) is 19.7. The maximum Gasteiger partial charge on any atom is 0.242 e. The van der Waals surface area contributed by atoms with Crippen LogP contribution in [-0.2, 0) is 20.7 Å². The standard InChI is InChI=1S/C31H27N3O2/c1-2-23-18-20-24(21-19-23)30(33,29(32)36)22-28(35)34-31(25-12-6-3-7-13-25,26-14-8-4-9-15-26)27-16-10-5-11-17-27/h1,3-21H,22,33H2,(H2,32,36)(H,34,35). The maximum atomic E-state index is 13.8. The van der Waals surface area contributed by atoms with E-state index in [1.54, 1.807) is 24.3 Å². The molecule has 2 amide bonds. The van der Waals surface area contributed by atoms with Crippen LogP contribution in [-0.4, -0.2) is 11.8 Å². The molecule has 0 aliphatic carbocycles. The van der Waals surface area contributed by atoms with Crippen molar-refractivity contribution in [1.29, 1.82) is 0 Å². The molecule has 0 aromatic heterocycles. The molecule has 1 unspecified atom stereocenters. The van der Waals surface area contributed by atoms with Gasteiger partial charge in [0.15, 0.2) is 0 Å². The van der Waals surface area contributed by atoms with E-state index >= 15 is 0 Å². The third-order valence-electron chi connectivity index (χ3n) is 6.39. The predicted octanol–water partition coefficient (Wildman–Crippen LogP) is 3.81. The summed E-state index contributed by atoms with van der Waals surface area (Å²) in [7, 11) is 0. The Labute approximate surface area is 211 Å². The zero-order valence-corrected chi connectivity index (χ0v) is 19.7. The van der Waals surface area contributed by atoms with Crippen LogP contribution in [0.3, 0.4) is 0 Å². The van der Waals surface area contributed by atoms with Gasteiger partial charge < -0.3 is 16.8 Å². The number of primary amides is 1. The number of nitrogens with two attached hydrogens (primary N) is 2. The normalized spacial score (nSPS) is 12.7. The van der Waals surface area contributed by atoms with Crippen molar-refractivity contribution in [3.8, 4) is 12.3 Å². The second kappa shape index (κ2) is 10.3. The molecular weight excluding hydrogens is 446 g/mol. The van der Waals surface area contributed by atoms with E-state index in [4.69, 9.17) is 17.9 Å². The van der Waals surface area contributed by atoms with Gasteiger partial charge in [0.05, 0.1) is 6.42 Å². The first-order valence-electron chi connectivity index (χ1n) is 11.5. The summed E-state index contributed by atoms with van der Waals surface area (Å²) in [6.07, 6.45) is 5.09. The molecule has 0 heterocycles. The third kappa shape index (κ3) is 4.63. The van der Waals surface area contributed by atoms with Crippen molar-refractivity contribution in [2.24, 2.45) is 11.5 Å². The number of benzene rings is 4. The quantitative estimate of drug-likeness (QED) is 0.268. The highest BCUT2D eigenvalue weighted by Crippen LogP contribution is 2.37. The van der Waals surface area contributed by atoms with Crippen LogP contribution in [0.25, 0.3) is 0 Å². The van der Waals surface area contributed by atoms with Crippen molar-refractivity contribution < 1.29 is 9.59 Å². The summed E-state index contributed by atoms with van der Waals surface area (Å²) in [5.41, 5.74) is 13.1. The summed E-state index contributed by atoms with van der Waals surface area (Å²) in [6.45, 7) is 0. The van der Waals surface area contributed by atoms with E-state index in [1.807, 2.05) is 91.0 Å². The topological polar surface area (TPSA) is 98.2 Å². The fraction of sp³-hybridized carbons (Fsp3) is 0.0968. The minimum Gasteiger partial charge on any atom is -0.368 e. The molecule has 4 aromatic carbocycles. The summed E-state index contributed by atoms with van der Waals surface area (Å²) < 4.78 is 0. The van der Waals surface area contributed by atoms with Gasteiger partial charge in [0, 0.05) is 5.56 Å². The monoisotopic (exact) mass is 473 g/mol. The van der Waals surface area contributed by atoms with E-state index < -0.39 is 22.9 Å². The van der Waals surface area contributed by atoms with Crippen LogP contribution < -0.4 is 16.8 Å². The molecule has 5 heteroatoms. The molecule has 0 bridgehead atoms. The number of amides is 2. The third-order valence-corrected chi connectivity index (χ3v) is 6.39. The van der Waals surface area contributed by atoms with Gasteiger partial charge in [0.1, 0.15) is 11.1 Å². The molecule has 0 aliphatic rings. The molecule has 4 rings (SSSR count). The molecule has 0 fully saturated rings. The minimum atomic E-state index is -1.73. The van der Waals surface area contributed by atoms with E-state index in [2.05, 4.69) is 11.2 Å². The van der Waals surface area contributed by atoms with Crippen LogP contribution in [0, 0.1) is 12.3 Å². The van der Waals surface area contributed by atoms with Crippen molar-refractivity contribution in [3.05, 3.63) is 143 Å². The van der Waals surface area contributed by atoms with Gasteiger partial charge in [-0.15, -0.1) is 6.42 Å². The maximum absolute atomic E-state index is 13.8. The van der Waals surface area contributed by atoms with Crippen molar-refractivity contribution in [2.75, 3.05) is 0 Å². The molecule has 36 heavy (non-hydrogen) atoms. The Morgan fingerprint density at radius 2 is 1.11 bits per heavy atom. The van der Waals surface area contributed by atoms with E-state index in [9.17, 15) is 9.59 Å². The second-order valence-corrected chi connectivity index (χ2v) is 8.63. The molecule has 4 aromatic rings. The van der Waals surface area contributed by atoms with Gasteiger partial charge >= 0.3 is 0 Å². The van der Waals surface area contributed by atoms with Gasteiger partial charge in [0.25, 0.3) is 0 Å². The van der Waals surface area contributed by atoms with Crippen LogP contribution in [0.4, 0.5) is 0 Å². The van der Waals surface area contributed by atoms with Crippen LogP contribution in [0.1, 0.15) is 34.2 Å². The fourth-order valence-corrected chi connectivity index (χ4v) is 4.48. The largest absolute Gasteiger partial charge is 0.368 e. The summed E-state index contributed by atoms with van der Waals surface area (Å²) in [6, 6.07) is 35.7. The first kappa shape index (κ1) is 24.5. The number of terminal acetylenes is 1. The lowest BCUT2D eigenvalue weighted by atomic mass is 9.76. The van der Waals surface area contributed by atoms with Gasteiger partial charge in [-0.1, -0.05) is 109 Å². The summed E-state index contributed by atoms with van der Waals surface area (Å²) in [4.78, 5) is 26.3. The number of carbonyl (C=O) groups excluding carboxylic acids is 2. The van der Waals surface area contributed by atoms with Gasteiger partial charge in [-0.05, 0) is 34.4 Å². The number of rotatable bonds is 8. The average Bonchev–Trinajstić information content (AvgIpc) is 2.93. The molecule has 178 valence electrons. The van der Waals surface area contributed by atoms with Crippen LogP contribution in [0.15, 0.2) is 115 Å². The molecule has 1 atom stereocenters. The Hall–Kier alpha value is -4.66. The highest BCUT2D eigenvalue weighted by atomic mass is 16.2. The summed E-state index contributed by atoms with van der Waals surface area (Å²) in [5.74, 6) is 1.28.